The fourth-order valence-electron chi connectivity index (χ4n) is 1.52. The predicted molar refractivity (Wildman–Crippen MR) is 62.7 cm³/mol. The largest absolute Gasteiger partial charge is 0.481 e. The first-order chi connectivity index (χ1) is 9.86. The SMILES string of the molecule is O=C(O)CC[n+]1ccc(-c2ccc(C(F)(F)F)nn2)cn1. The average molecular weight is 299 g/mol. The maximum atomic E-state index is 12.4. The summed E-state index contributed by atoms with van der Waals surface area (Å²) in [6.45, 7) is 0.203. The van der Waals surface area contributed by atoms with Gasteiger partial charge in [-0.3, -0.25) is 4.79 Å². The van der Waals surface area contributed by atoms with Crippen LogP contribution in [0.15, 0.2) is 30.6 Å². The second-order valence-corrected chi connectivity index (χ2v) is 4.12. The van der Waals surface area contributed by atoms with Crippen molar-refractivity contribution < 1.29 is 27.8 Å². The van der Waals surface area contributed by atoms with Crippen LogP contribution in [0.3, 0.4) is 0 Å². The molecule has 2 aromatic rings. The van der Waals surface area contributed by atoms with Crippen LogP contribution in [0.5, 0.6) is 0 Å². The van der Waals surface area contributed by atoms with Gasteiger partial charge in [0.2, 0.25) is 0 Å². The Morgan fingerprint density at radius 3 is 2.48 bits per heavy atom. The Kier molecular flexibility index (Phi) is 4.10. The molecule has 0 radical (unpaired) electrons. The molecular formula is C12H10F3N4O2+. The summed E-state index contributed by atoms with van der Waals surface area (Å²) in [5.74, 6) is -0.943. The Balaban J connectivity index is 2.13. The lowest BCUT2D eigenvalue weighted by molar-refractivity contribution is -0.752. The number of carboxylic acids is 1. The van der Waals surface area contributed by atoms with Crippen LogP contribution in [0.4, 0.5) is 13.2 Å². The molecule has 2 heterocycles. The van der Waals surface area contributed by atoms with Gasteiger partial charge in [0, 0.05) is 11.6 Å². The summed E-state index contributed by atoms with van der Waals surface area (Å²) in [4.78, 5) is 10.4. The summed E-state index contributed by atoms with van der Waals surface area (Å²) in [7, 11) is 0. The molecule has 0 saturated heterocycles. The number of rotatable bonds is 4. The Labute approximate surface area is 116 Å². The molecule has 0 spiro atoms. The fourth-order valence-corrected chi connectivity index (χ4v) is 1.52. The minimum atomic E-state index is -4.53. The van der Waals surface area contributed by atoms with Crippen molar-refractivity contribution in [2.45, 2.75) is 19.1 Å². The maximum Gasteiger partial charge on any atom is 0.435 e. The van der Waals surface area contributed by atoms with Crippen molar-refractivity contribution in [2.75, 3.05) is 0 Å². The molecule has 0 bridgehead atoms. The van der Waals surface area contributed by atoms with Gasteiger partial charge < -0.3 is 5.11 Å². The van der Waals surface area contributed by atoms with E-state index in [-0.39, 0.29) is 18.7 Å². The summed E-state index contributed by atoms with van der Waals surface area (Å²) < 4.78 is 38.5. The molecule has 6 nitrogen and oxygen atoms in total. The van der Waals surface area contributed by atoms with Gasteiger partial charge in [-0.2, -0.15) is 13.2 Å². The second kappa shape index (κ2) is 5.81. The van der Waals surface area contributed by atoms with Crippen LogP contribution in [0.25, 0.3) is 11.3 Å². The molecule has 0 aliphatic carbocycles. The molecule has 0 saturated carbocycles. The van der Waals surface area contributed by atoms with E-state index in [1.165, 1.54) is 23.1 Å². The number of alkyl halides is 3. The highest BCUT2D eigenvalue weighted by atomic mass is 19.4. The van der Waals surface area contributed by atoms with E-state index in [1.807, 2.05) is 0 Å². The molecule has 21 heavy (non-hydrogen) atoms. The molecule has 0 amide bonds. The third-order valence-electron chi connectivity index (χ3n) is 2.58. The van der Waals surface area contributed by atoms with Gasteiger partial charge in [-0.05, 0) is 17.2 Å². The number of hydrogen-bond donors (Lipinski definition) is 1. The van der Waals surface area contributed by atoms with Crippen LogP contribution in [-0.4, -0.2) is 26.4 Å². The minimum Gasteiger partial charge on any atom is -0.481 e. The zero-order chi connectivity index (χ0) is 15.5. The lowest BCUT2D eigenvalue weighted by Gasteiger charge is -2.04. The summed E-state index contributed by atoms with van der Waals surface area (Å²) >= 11 is 0. The quantitative estimate of drug-likeness (QED) is 0.861. The van der Waals surface area contributed by atoms with Gasteiger partial charge in [0.05, 0.1) is 5.69 Å². The molecule has 0 unspecified atom stereocenters. The normalized spacial score (nSPS) is 11.4. The number of aryl methyl sites for hydroxylation is 1. The fraction of sp³-hybridized carbons (Fsp3) is 0.250. The Morgan fingerprint density at radius 1 is 1.24 bits per heavy atom. The van der Waals surface area contributed by atoms with Crippen molar-refractivity contribution in [3.05, 3.63) is 36.3 Å². The van der Waals surface area contributed by atoms with E-state index < -0.39 is 17.8 Å². The topological polar surface area (TPSA) is 79.9 Å². The second-order valence-electron chi connectivity index (χ2n) is 4.12. The highest BCUT2D eigenvalue weighted by Gasteiger charge is 2.32. The maximum absolute atomic E-state index is 12.4. The molecule has 0 aliphatic rings. The summed E-state index contributed by atoms with van der Waals surface area (Å²) in [5, 5.41) is 19.1. The van der Waals surface area contributed by atoms with Crippen molar-refractivity contribution >= 4 is 5.97 Å². The van der Waals surface area contributed by atoms with Crippen molar-refractivity contribution in [3.8, 4) is 11.3 Å². The van der Waals surface area contributed by atoms with Crippen molar-refractivity contribution in [2.24, 2.45) is 0 Å². The smallest absolute Gasteiger partial charge is 0.435 e. The van der Waals surface area contributed by atoms with Crippen molar-refractivity contribution in [1.82, 2.24) is 15.3 Å². The Hall–Kier alpha value is -2.58. The van der Waals surface area contributed by atoms with E-state index in [9.17, 15) is 18.0 Å². The van der Waals surface area contributed by atoms with Crippen LogP contribution in [0.2, 0.25) is 0 Å². The van der Waals surface area contributed by atoms with Gasteiger partial charge in [-0.25, -0.2) is 0 Å². The van der Waals surface area contributed by atoms with Crippen molar-refractivity contribution in [3.63, 3.8) is 0 Å². The number of carbonyl (C=O) groups is 1. The van der Waals surface area contributed by atoms with Crippen LogP contribution in [-0.2, 0) is 17.5 Å². The van der Waals surface area contributed by atoms with Gasteiger partial charge in [0.25, 0.3) is 0 Å². The van der Waals surface area contributed by atoms with E-state index in [4.69, 9.17) is 5.11 Å². The number of aromatic nitrogens is 4. The monoisotopic (exact) mass is 299 g/mol. The lowest BCUT2D eigenvalue weighted by atomic mass is 10.2. The number of halogens is 3. The average Bonchev–Trinajstić information content (AvgIpc) is 2.45. The van der Waals surface area contributed by atoms with Gasteiger partial charge in [0.15, 0.2) is 18.4 Å². The van der Waals surface area contributed by atoms with Gasteiger partial charge in [-0.1, -0.05) is 4.68 Å². The molecule has 0 aromatic carbocycles. The molecule has 0 aliphatic heterocycles. The van der Waals surface area contributed by atoms with Crippen LogP contribution in [0.1, 0.15) is 12.1 Å². The highest BCUT2D eigenvalue weighted by molar-refractivity contribution is 5.66. The number of carboxylic acid groups (broad SMARTS) is 1. The Bertz CT molecular complexity index is 626. The van der Waals surface area contributed by atoms with Crippen LogP contribution >= 0.6 is 0 Å². The Morgan fingerprint density at radius 2 is 2.00 bits per heavy atom. The van der Waals surface area contributed by atoms with Crippen LogP contribution < -0.4 is 4.68 Å². The van der Waals surface area contributed by atoms with E-state index in [2.05, 4.69) is 15.3 Å². The third-order valence-corrected chi connectivity index (χ3v) is 2.58. The molecule has 9 heteroatoms. The first-order valence-electron chi connectivity index (χ1n) is 5.85. The first kappa shape index (κ1) is 14.8. The van der Waals surface area contributed by atoms with E-state index in [1.54, 1.807) is 6.07 Å². The summed E-state index contributed by atoms with van der Waals surface area (Å²) in [6.07, 6.45) is -1.69. The molecule has 0 fully saturated rings. The molecule has 2 aromatic heterocycles. The van der Waals surface area contributed by atoms with Crippen LogP contribution in [0, 0.1) is 0 Å². The van der Waals surface area contributed by atoms with Gasteiger partial charge >= 0.3 is 12.1 Å². The molecular weight excluding hydrogens is 289 g/mol. The van der Waals surface area contributed by atoms with E-state index in [0.29, 0.717) is 5.56 Å². The lowest BCUT2D eigenvalue weighted by Crippen LogP contribution is -2.38. The standard InChI is InChI=1S/C12H9F3N4O2/c13-12(14,15)10-2-1-9(17-18-10)8-3-5-19(16-7-8)6-4-11(20)21/h1-3,5,7H,4,6H2/p+1. The van der Waals surface area contributed by atoms with Crippen molar-refractivity contribution in [1.29, 1.82) is 0 Å². The molecule has 2 rings (SSSR count). The zero-order valence-corrected chi connectivity index (χ0v) is 10.6. The molecule has 110 valence electrons. The van der Waals surface area contributed by atoms with Gasteiger partial charge in [0.1, 0.15) is 12.6 Å². The number of hydrogen-bond acceptors (Lipinski definition) is 4. The van der Waals surface area contributed by atoms with E-state index >= 15 is 0 Å². The minimum absolute atomic E-state index is 0.0723. The summed E-state index contributed by atoms with van der Waals surface area (Å²) in [6, 6.07) is 3.62. The van der Waals surface area contributed by atoms with Gasteiger partial charge in [-0.15, -0.1) is 10.2 Å². The molecule has 1 N–H and O–H groups in total. The number of aliphatic carboxylic acids is 1. The first-order valence-corrected chi connectivity index (χ1v) is 5.85. The van der Waals surface area contributed by atoms with E-state index in [0.717, 1.165) is 6.07 Å². The summed E-state index contributed by atoms with van der Waals surface area (Å²) in [5.41, 5.74) is -0.324. The predicted octanol–water partition coefficient (Wildman–Crippen LogP) is 1.32. The molecule has 0 atom stereocenters. The number of nitrogens with zero attached hydrogens (tertiary/aromatic N) is 4. The third kappa shape index (κ3) is 3.94. The highest BCUT2D eigenvalue weighted by Crippen LogP contribution is 2.27. The zero-order valence-electron chi connectivity index (χ0n) is 10.6.